The fourth-order valence-corrected chi connectivity index (χ4v) is 4.22. The van der Waals surface area contributed by atoms with Gasteiger partial charge in [-0.25, -0.2) is 24.9 Å². The molecule has 2 aliphatic rings. The molecule has 148 valence electrons. The number of imidazole rings is 1. The molecule has 0 atom stereocenters. The van der Waals surface area contributed by atoms with Crippen molar-refractivity contribution in [3.63, 3.8) is 0 Å². The number of hydrogen-bond acceptors (Lipinski definition) is 9. The number of H-pyrrole nitrogens is 1. The van der Waals surface area contributed by atoms with Crippen molar-refractivity contribution in [2.45, 2.75) is 12.8 Å². The maximum Gasteiger partial charge on any atom is 0.225 e. The van der Waals surface area contributed by atoms with E-state index in [0.29, 0.717) is 11.6 Å². The van der Waals surface area contributed by atoms with Crippen LogP contribution < -0.4 is 10.2 Å². The Morgan fingerprint density at radius 2 is 2.14 bits per heavy atom. The van der Waals surface area contributed by atoms with Crippen LogP contribution in [-0.4, -0.2) is 61.6 Å². The molecule has 1 fully saturated rings. The summed E-state index contributed by atoms with van der Waals surface area (Å²) in [6.07, 6.45) is 11.2. The molecule has 0 spiro atoms. The number of fused-ring (bicyclic) bond motifs is 1. The molecule has 0 aromatic carbocycles. The zero-order valence-corrected chi connectivity index (χ0v) is 16.6. The molecule has 5 heterocycles. The monoisotopic (exact) mass is 407 g/mol. The van der Waals surface area contributed by atoms with Crippen molar-refractivity contribution in [2.24, 2.45) is 10.9 Å². The summed E-state index contributed by atoms with van der Waals surface area (Å²) in [6.45, 7) is 2.78. The fourth-order valence-electron chi connectivity index (χ4n) is 3.57. The highest BCUT2D eigenvalue weighted by molar-refractivity contribution is 8.04. The summed E-state index contributed by atoms with van der Waals surface area (Å²) in [4.78, 5) is 32.6. The van der Waals surface area contributed by atoms with E-state index in [9.17, 15) is 0 Å². The minimum absolute atomic E-state index is 0.579. The van der Waals surface area contributed by atoms with Gasteiger partial charge in [-0.15, -0.1) is 11.8 Å². The number of thioether (sulfide) groups is 1. The molecule has 0 radical (unpaired) electrons. The third-order valence-corrected chi connectivity index (χ3v) is 5.99. The van der Waals surface area contributed by atoms with Crippen LogP contribution in [0.4, 0.5) is 11.8 Å². The van der Waals surface area contributed by atoms with E-state index in [2.05, 4.69) is 46.2 Å². The smallest absolute Gasteiger partial charge is 0.225 e. The van der Waals surface area contributed by atoms with Crippen molar-refractivity contribution in [2.75, 3.05) is 35.7 Å². The first-order valence-electron chi connectivity index (χ1n) is 9.65. The molecule has 0 unspecified atom stereocenters. The number of aliphatic imine (C=N–C) groups is 1. The maximum absolute atomic E-state index is 4.73. The summed E-state index contributed by atoms with van der Waals surface area (Å²) in [5.41, 5.74) is 2.48. The molecule has 9 nitrogen and oxygen atoms in total. The van der Waals surface area contributed by atoms with Gasteiger partial charge in [0.15, 0.2) is 11.5 Å². The minimum atomic E-state index is 0.579. The number of rotatable bonds is 5. The standard InChI is InChI=1S/C19H21N9S/c1-4-21-19(27-14(1)7-15-9-20-12-29-15)28-5-2-13(3-6-28)8-22-17-16-18(24-10-23-16)26-11-25-17/h1,4,7,9-11,13H,2-3,5-6,8,12H2,(H2,22,23,24,25,26)/b15-7-. The first kappa shape index (κ1) is 18.0. The van der Waals surface area contributed by atoms with Crippen molar-refractivity contribution in [1.82, 2.24) is 29.9 Å². The zero-order chi connectivity index (χ0) is 19.5. The number of nitrogens with one attached hydrogen (secondary N) is 2. The first-order valence-corrected chi connectivity index (χ1v) is 10.6. The average molecular weight is 408 g/mol. The van der Waals surface area contributed by atoms with Gasteiger partial charge in [-0.05, 0) is 30.9 Å². The van der Waals surface area contributed by atoms with Crippen molar-refractivity contribution < 1.29 is 0 Å². The summed E-state index contributed by atoms with van der Waals surface area (Å²) in [5.74, 6) is 3.00. The summed E-state index contributed by atoms with van der Waals surface area (Å²) in [5, 5.41) is 3.45. The van der Waals surface area contributed by atoms with Gasteiger partial charge in [0.25, 0.3) is 0 Å². The lowest BCUT2D eigenvalue weighted by Crippen LogP contribution is -2.37. The van der Waals surface area contributed by atoms with Gasteiger partial charge in [-0.3, -0.25) is 4.99 Å². The Morgan fingerprint density at radius 1 is 1.21 bits per heavy atom. The highest BCUT2D eigenvalue weighted by atomic mass is 32.2. The fraction of sp³-hybridized carbons (Fsp3) is 0.368. The van der Waals surface area contributed by atoms with Gasteiger partial charge in [0.1, 0.15) is 11.8 Å². The molecule has 10 heteroatoms. The van der Waals surface area contributed by atoms with E-state index in [1.165, 1.54) is 0 Å². The van der Waals surface area contributed by atoms with E-state index < -0.39 is 0 Å². The molecule has 2 N–H and O–H groups in total. The number of anilines is 2. The lowest BCUT2D eigenvalue weighted by molar-refractivity contribution is 0.419. The quantitative estimate of drug-likeness (QED) is 0.664. The van der Waals surface area contributed by atoms with Crippen LogP contribution in [0.5, 0.6) is 0 Å². The second-order valence-electron chi connectivity index (χ2n) is 7.05. The molecule has 0 bridgehead atoms. The predicted octanol–water partition coefficient (Wildman–Crippen LogP) is 2.59. The van der Waals surface area contributed by atoms with Crippen LogP contribution in [-0.2, 0) is 0 Å². The Hall–Kier alpha value is -3.01. The molecule has 0 amide bonds. The van der Waals surface area contributed by atoms with Gasteiger partial charge >= 0.3 is 0 Å². The van der Waals surface area contributed by atoms with Crippen LogP contribution in [0, 0.1) is 5.92 Å². The van der Waals surface area contributed by atoms with Crippen molar-refractivity contribution in [1.29, 1.82) is 0 Å². The van der Waals surface area contributed by atoms with Crippen LogP contribution in [0.25, 0.3) is 17.2 Å². The highest BCUT2D eigenvalue weighted by Crippen LogP contribution is 2.24. The number of aromatic nitrogens is 6. The largest absolute Gasteiger partial charge is 0.368 e. The third kappa shape index (κ3) is 4.07. The van der Waals surface area contributed by atoms with Crippen LogP contribution in [0.3, 0.4) is 0 Å². The third-order valence-electron chi connectivity index (χ3n) is 5.16. The van der Waals surface area contributed by atoms with Gasteiger partial charge in [0, 0.05) is 37.0 Å². The zero-order valence-electron chi connectivity index (χ0n) is 15.8. The first-order chi connectivity index (χ1) is 14.3. The number of hydrogen-bond donors (Lipinski definition) is 2. The van der Waals surface area contributed by atoms with Crippen LogP contribution >= 0.6 is 11.8 Å². The van der Waals surface area contributed by atoms with Crippen LogP contribution in [0.1, 0.15) is 18.5 Å². The molecule has 1 saturated heterocycles. The lowest BCUT2D eigenvalue weighted by Gasteiger charge is -2.32. The molecule has 3 aromatic rings. The topological polar surface area (TPSA) is 108 Å². The summed E-state index contributed by atoms with van der Waals surface area (Å²) in [6, 6.07) is 1.94. The number of nitrogens with zero attached hydrogens (tertiary/aromatic N) is 7. The predicted molar refractivity (Wildman–Crippen MR) is 116 cm³/mol. The van der Waals surface area contributed by atoms with E-state index in [1.54, 1.807) is 24.4 Å². The minimum Gasteiger partial charge on any atom is -0.368 e. The summed E-state index contributed by atoms with van der Waals surface area (Å²) in [7, 11) is 0. The van der Waals surface area contributed by atoms with E-state index in [1.807, 2.05) is 18.5 Å². The Balaban J connectivity index is 1.18. The lowest BCUT2D eigenvalue weighted by atomic mass is 9.97. The molecule has 3 aromatic heterocycles. The summed E-state index contributed by atoms with van der Waals surface area (Å²) >= 11 is 1.73. The molecule has 29 heavy (non-hydrogen) atoms. The van der Waals surface area contributed by atoms with E-state index >= 15 is 0 Å². The second kappa shape index (κ2) is 8.16. The van der Waals surface area contributed by atoms with E-state index in [0.717, 1.165) is 66.2 Å². The van der Waals surface area contributed by atoms with Gasteiger partial charge in [0.05, 0.1) is 17.9 Å². The molecule has 5 rings (SSSR count). The van der Waals surface area contributed by atoms with Crippen molar-refractivity contribution >= 4 is 47.0 Å². The number of aromatic amines is 1. The van der Waals surface area contributed by atoms with Gasteiger partial charge in [-0.1, -0.05) is 0 Å². The van der Waals surface area contributed by atoms with Gasteiger partial charge < -0.3 is 15.2 Å². The molecule has 2 aliphatic heterocycles. The Bertz CT molecular complexity index is 1050. The Labute approximate surface area is 172 Å². The van der Waals surface area contributed by atoms with Crippen molar-refractivity contribution in [3.05, 3.63) is 35.5 Å². The number of piperidine rings is 1. The highest BCUT2D eigenvalue weighted by Gasteiger charge is 2.21. The molecule has 0 saturated carbocycles. The Morgan fingerprint density at radius 3 is 3.00 bits per heavy atom. The van der Waals surface area contributed by atoms with Crippen LogP contribution in [0.2, 0.25) is 0 Å². The van der Waals surface area contributed by atoms with E-state index in [-0.39, 0.29) is 0 Å². The summed E-state index contributed by atoms with van der Waals surface area (Å²) < 4.78 is 0. The normalized spacial score (nSPS) is 18.8. The SMILES string of the molecule is C1=NCS/C1=C\c1ccnc(N2CCC(CNc3ncnc4nc[nH]c34)CC2)n1. The Kier molecular flexibility index (Phi) is 5.08. The molecule has 0 aliphatic carbocycles. The van der Waals surface area contributed by atoms with Crippen molar-refractivity contribution in [3.8, 4) is 0 Å². The average Bonchev–Trinajstić information content (AvgIpc) is 3.45. The van der Waals surface area contributed by atoms with Gasteiger partial charge in [-0.2, -0.15) is 0 Å². The van der Waals surface area contributed by atoms with Gasteiger partial charge in [0.2, 0.25) is 5.95 Å². The maximum atomic E-state index is 4.73. The molecular formula is C19H21N9S. The van der Waals surface area contributed by atoms with Crippen LogP contribution in [0.15, 0.2) is 34.8 Å². The number of allylic oxidation sites excluding steroid dienone is 1. The second-order valence-corrected chi connectivity index (χ2v) is 8.07. The van der Waals surface area contributed by atoms with E-state index in [4.69, 9.17) is 4.98 Å². The molecular weight excluding hydrogens is 386 g/mol.